The van der Waals surface area contributed by atoms with E-state index in [1.807, 2.05) is 18.2 Å². The van der Waals surface area contributed by atoms with Crippen LogP contribution in [0.3, 0.4) is 0 Å². The van der Waals surface area contributed by atoms with E-state index in [1.54, 1.807) is 4.90 Å². The summed E-state index contributed by atoms with van der Waals surface area (Å²) in [6, 6.07) is 5.07. The Morgan fingerprint density at radius 2 is 1.97 bits per heavy atom. The summed E-state index contributed by atoms with van der Waals surface area (Å²) in [6.45, 7) is 2.53. The zero-order chi connectivity index (χ0) is 21.1. The van der Waals surface area contributed by atoms with E-state index in [1.165, 1.54) is 0 Å². The molecule has 1 unspecified atom stereocenters. The Morgan fingerprint density at radius 1 is 1.17 bits per heavy atom. The molecule has 160 valence electrons. The summed E-state index contributed by atoms with van der Waals surface area (Å²) in [5.74, 6) is -0.658. The normalized spacial score (nSPS) is 27.7. The summed E-state index contributed by atoms with van der Waals surface area (Å²) in [5, 5.41) is 5.52. The standard InChI is InChI=1S/C20H24N4O5S/c25-16-5-4-15(18(26)22-16)24-9-14-3-1-2-13(17(14)19(24)27)8-23-6-7-30(28,29)12-20(23)10-21-11-20/h1-3,15,21H,4-12H2,(H,22,25,26). The third-order valence-corrected chi connectivity index (χ3v) is 8.52. The minimum absolute atomic E-state index is 0.125. The van der Waals surface area contributed by atoms with Gasteiger partial charge in [-0.15, -0.1) is 0 Å². The number of amides is 3. The number of rotatable bonds is 3. The first-order chi connectivity index (χ1) is 14.3. The number of hydrogen-bond acceptors (Lipinski definition) is 7. The van der Waals surface area contributed by atoms with Crippen molar-refractivity contribution in [1.82, 2.24) is 20.4 Å². The van der Waals surface area contributed by atoms with Gasteiger partial charge in [0.15, 0.2) is 9.84 Å². The van der Waals surface area contributed by atoms with Crippen molar-refractivity contribution < 1.29 is 22.8 Å². The Balaban J connectivity index is 1.40. The zero-order valence-electron chi connectivity index (χ0n) is 16.5. The van der Waals surface area contributed by atoms with Crippen LogP contribution in [0.1, 0.15) is 34.3 Å². The van der Waals surface area contributed by atoms with Gasteiger partial charge in [-0.3, -0.25) is 24.6 Å². The van der Waals surface area contributed by atoms with Crippen LogP contribution in [0.25, 0.3) is 0 Å². The van der Waals surface area contributed by atoms with Gasteiger partial charge in [0.05, 0.1) is 17.0 Å². The minimum Gasteiger partial charge on any atom is -0.322 e. The lowest BCUT2D eigenvalue weighted by molar-refractivity contribution is -0.136. The molecule has 10 heteroatoms. The first-order valence-corrected chi connectivity index (χ1v) is 12.0. The zero-order valence-corrected chi connectivity index (χ0v) is 17.3. The van der Waals surface area contributed by atoms with E-state index in [2.05, 4.69) is 15.5 Å². The number of imide groups is 1. The van der Waals surface area contributed by atoms with Gasteiger partial charge < -0.3 is 10.2 Å². The molecule has 9 nitrogen and oxygen atoms in total. The van der Waals surface area contributed by atoms with Gasteiger partial charge in [-0.25, -0.2) is 8.42 Å². The summed E-state index contributed by atoms with van der Waals surface area (Å²) in [5.41, 5.74) is 1.92. The highest BCUT2D eigenvalue weighted by molar-refractivity contribution is 7.91. The molecule has 3 amide bonds. The maximum Gasteiger partial charge on any atom is 0.255 e. The summed E-state index contributed by atoms with van der Waals surface area (Å²) < 4.78 is 24.4. The Hall–Kier alpha value is -2.30. The van der Waals surface area contributed by atoms with Crippen LogP contribution in [0.4, 0.5) is 0 Å². The molecule has 1 spiro atoms. The van der Waals surface area contributed by atoms with Gasteiger partial charge in [0, 0.05) is 44.7 Å². The molecule has 3 fully saturated rings. The maximum atomic E-state index is 13.3. The lowest BCUT2D eigenvalue weighted by Gasteiger charge is -2.53. The molecule has 1 aromatic carbocycles. The molecule has 0 radical (unpaired) electrons. The molecule has 4 aliphatic heterocycles. The van der Waals surface area contributed by atoms with Gasteiger partial charge >= 0.3 is 0 Å². The van der Waals surface area contributed by atoms with E-state index >= 15 is 0 Å². The van der Waals surface area contributed by atoms with Crippen molar-refractivity contribution in [3.8, 4) is 0 Å². The second kappa shape index (κ2) is 6.86. The number of hydrogen-bond donors (Lipinski definition) is 2. The van der Waals surface area contributed by atoms with Crippen LogP contribution < -0.4 is 10.6 Å². The number of piperidine rings is 1. The van der Waals surface area contributed by atoms with Crippen molar-refractivity contribution in [2.75, 3.05) is 31.1 Å². The SMILES string of the molecule is O=C1CCC(N2Cc3cccc(CN4CCS(=O)(=O)CC45CNC5)c3C2=O)C(=O)N1. The number of benzene rings is 1. The van der Waals surface area contributed by atoms with Crippen LogP contribution >= 0.6 is 0 Å². The van der Waals surface area contributed by atoms with E-state index in [9.17, 15) is 22.8 Å². The molecule has 0 aromatic heterocycles. The number of sulfone groups is 1. The molecule has 0 bridgehead atoms. The molecule has 1 atom stereocenters. The van der Waals surface area contributed by atoms with E-state index < -0.39 is 27.3 Å². The number of nitrogens with one attached hydrogen (secondary N) is 2. The van der Waals surface area contributed by atoms with Crippen molar-refractivity contribution in [1.29, 1.82) is 0 Å². The number of carbonyl (C=O) groups excluding carboxylic acids is 3. The fourth-order valence-electron chi connectivity index (χ4n) is 5.07. The Bertz CT molecular complexity index is 1050. The van der Waals surface area contributed by atoms with Crippen molar-refractivity contribution >= 4 is 27.6 Å². The predicted octanol–water partition coefficient (Wildman–Crippen LogP) is -0.980. The van der Waals surface area contributed by atoms with E-state index in [4.69, 9.17) is 0 Å². The molecule has 0 saturated carbocycles. The van der Waals surface area contributed by atoms with Gasteiger partial charge in [0.2, 0.25) is 11.8 Å². The topological polar surface area (TPSA) is 116 Å². The lowest BCUT2D eigenvalue weighted by Crippen LogP contribution is -2.74. The van der Waals surface area contributed by atoms with Gasteiger partial charge in [-0.05, 0) is 17.5 Å². The van der Waals surface area contributed by atoms with Crippen molar-refractivity contribution in [2.45, 2.75) is 37.5 Å². The Kier molecular flexibility index (Phi) is 4.49. The molecule has 4 aliphatic rings. The third-order valence-electron chi connectivity index (χ3n) is 6.74. The molecular formula is C20H24N4O5S. The fraction of sp³-hybridized carbons (Fsp3) is 0.550. The molecule has 0 aliphatic carbocycles. The highest BCUT2D eigenvalue weighted by atomic mass is 32.2. The summed E-state index contributed by atoms with van der Waals surface area (Å²) >= 11 is 0. The lowest BCUT2D eigenvalue weighted by atomic mass is 9.90. The summed E-state index contributed by atoms with van der Waals surface area (Å²) in [4.78, 5) is 40.7. The van der Waals surface area contributed by atoms with Crippen molar-refractivity contribution in [3.05, 3.63) is 34.9 Å². The number of carbonyl (C=O) groups is 3. The van der Waals surface area contributed by atoms with Crippen LogP contribution in [0, 0.1) is 0 Å². The predicted molar refractivity (Wildman–Crippen MR) is 107 cm³/mol. The highest BCUT2D eigenvalue weighted by Crippen LogP contribution is 2.33. The smallest absolute Gasteiger partial charge is 0.255 e. The average molecular weight is 433 g/mol. The highest BCUT2D eigenvalue weighted by Gasteiger charge is 2.49. The third kappa shape index (κ3) is 3.14. The monoisotopic (exact) mass is 432 g/mol. The molecule has 5 rings (SSSR count). The second-order valence-electron chi connectivity index (χ2n) is 8.69. The van der Waals surface area contributed by atoms with Crippen LogP contribution in [0.5, 0.6) is 0 Å². The average Bonchev–Trinajstić information content (AvgIpc) is 2.99. The summed E-state index contributed by atoms with van der Waals surface area (Å²) in [7, 11) is -3.06. The number of fused-ring (bicyclic) bond motifs is 1. The van der Waals surface area contributed by atoms with Crippen molar-refractivity contribution in [3.63, 3.8) is 0 Å². The van der Waals surface area contributed by atoms with Gasteiger partial charge in [-0.2, -0.15) is 0 Å². The Morgan fingerprint density at radius 3 is 2.67 bits per heavy atom. The maximum absolute atomic E-state index is 13.3. The van der Waals surface area contributed by atoms with E-state index in [0.29, 0.717) is 44.7 Å². The van der Waals surface area contributed by atoms with Gasteiger partial charge in [-0.1, -0.05) is 18.2 Å². The van der Waals surface area contributed by atoms with Crippen LogP contribution in [0.2, 0.25) is 0 Å². The van der Waals surface area contributed by atoms with Crippen LogP contribution in [-0.2, 0) is 32.5 Å². The molecule has 2 N–H and O–H groups in total. The van der Waals surface area contributed by atoms with Gasteiger partial charge in [0.25, 0.3) is 5.91 Å². The largest absolute Gasteiger partial charge is 0.322 e. The molecule has 1 aromatic rings. The van der Waals surface area contributed by atoms with Crippen LogP contribution in [-0.4, -0.2) is 78.7 Å². The Labute approximate surface area is 174 Å². The number of nitrogens with zero attached hydrogens (tertiary/aromatic N) is 2. The van der Waals surface area contributed by atoms with Crippen LogP contribution in [0.15, 0.2) is 18.2 Å². The first-order valence-electron chi connectivity index (χ1n) is 10.2. The fourth-order valence-corrected chi connectivity index (χ4v) is 6.92. The second-order valence-corrected chi connectivity index (χ2v) is 10.9. The molecule has 4 heterocycles. The van der Waals surface area contributed by atoms with E-state index in [0.717, 1.165) is 11.1 Å². The van der Waals surface area contributed by atoms with Crippen molar-refractivity contribution in [2.24, 2.45) is 0 Å². The summed E-state index contributed by atoms with van der Waals surface area (Å²) in [6.07, 6.45) is 0.555. The molecule has 3 saturated heterocycles. The molecular weight excluding hydrogens is 408 g/mol. The first kappa shape index (κ1) is 19.7. The van der Waals surface area contributed by atoms with Gasteiger partial charge in [0.1, 0.15) is 6.04 Å². The van der Waals surface area contributed by atoms with E-state index in [-0.39, 0.29) is 29.7 Å². The quantitative estimate of drug-likeness (QED) is 0.590. The minimum atomic E-state index is -3.06. The molecule has 30 heavy (non-hydrogen) atoms.